The summed E-state index contributed by atoms with van der Waals surface area (Å²) in [6, 6.07) is 0. The van der Waals surface area contributed by atoms with Crippen LogP contribution in [0, 0.1) is 18.3 Å². The zero-order valence-corrected chi connectivity index (χ0v) is 14.0. The Bertz CT molecular complexity index is 137. The van der Waals surface area contributed by atoms with Crippen molar-refractivity contribution in [3.63, 3.8) is 0 Å². The second kappa shape index (κ2) is 17.0. The van der Waals surface area contributed by atoms with Crippen molar-refractivity contribution in [3.8, 4) is 0 Å². The zero-order valence-electron chi connectivity index (χ0n) is 11.9. The van der Waals surface area contributed by atoms with E-state index in [1.807, 2.05) is 0 Å². The Morgan fingerprint density at radius 2 is 1.82 bits per heavy atom. The summed E-state index contributed by atoms with van der Waals surface area (Å²) in [6.45, 7) is 8.06. The summed E-state index contributed by atoms with van der Waals surface area (Å²) in [6.07, 6.45) is 7.24. The molecule has 2 unspecified atom stereocenters. The van der Waals surface area contributed by atoms with E-state index in [9.17, 15) is 0 Å². The Morgan fingerprint density at radius 1 is 1.18 bits per heavy atom. The van der Waals surface area contributed by atoms with Crippen molar-refractivity contribution in [1.29, 1.82) is 0 Å². The van der Waals surface area contributed by atoms with E-state index in [0.29, 0.717) is 6.79 Å². The van der Waals surface area contributed by atoms with Crippen molar-refractivity contribution in [2.75, 3.05) is 20.5 Å². The molecule has 0 saturated heterocycles. The van der Waals surface area contributed by atoms with Gasteiger partial charge in [-0.2, -0.15) is 13.3 Å². The van der Waals surface area contributed by atoms with E-state index in [1.54, 1.807) is 7.11 Å². The van der Waals surface area contributed by atoms with Gasteiger partial charge in [-0.15, -0.1) is 0 Å². The second-order valence-electron chi connectivity index (χ2n) is 4.55. The first-order valence-electron chi connectivity index (χ1n) is 6.05. The molecule has 17 heavy (non-hydrogen) atoms. The van der Waals surface area contributed by atoms with Crippen molar-refractivity contribution in [2.24, 2.45) is 11.8 Å². The molecule has 4 heteroatoms. The van der Waals surface area contributed by atoms with Crippen molar-refractivity contribution >= 4 is 23.1 Å². The van der Waals surface area contributed by atoms with E-state index in [1.165, 1.54) is 19.3 Å². The van der Waals surface area contributed by atoms with Gasteiger partial charge in [-0.25, -0.2) is 0 Å². The molecule has 100 valence electrons. The van der Waals surface area contributed by atoms with Crippen LogP contribution >= 0.6 is 0 Å². The van der Waals surface area contributed by atoms with Gasteiger partial charge in [0.05, 0.1) is 0 Å². The van der Waals surface area contributed by atoms with Gasteiger partial charge < -0.3 is 28.3 Å². The zero-order chi connectivity index (χ0) is 11.5. The van der Waals surface area contributed by atoms with Crippen molar-refractivity contribution in [3.05, 3.63) is 6.42 Å². The Hall–Kier alpha value is 0.976. The van der Waals surface area contributed by atoms with E-state index < -0.39 is 0 Å². The molecule has 0 aromatic rings. The molecule has 0 aromatic carbocycles. The van der Waals surface area contributed by atoms with E-state index >= 15 is 0 Å². The van der Waals surface area contributed by atoms with Crippen molar-refractivity contribution < 1.29 is 21.9 Å². The number of halogens is 1. The molecule has 0 amide bonds. The van der Waals surface area contributed by atoms with Gasteiger partial charge >= 0.3 is 23.1 Å². The summed E-state index contributed by atoms with van der Waals surface area (Å²) in [5.41, 5.74) is 0. The second-order valence-corrected chi connectivity index (χ2v) is 4.55. The first-order chi connectivity index (χ1) is 7.20. The smallest absolute Gasteiger partial charge is 1.00 e. The fraction of sp³-hybridized carbons (Fsp3) is 0.923. The number of rotatable bonds is 10. The van der Waals surface area contributed by atoms with Gasteiger partial charge in [-0.05, 0) is 18.8 Å². The monoisotopic (exact) mass is 274 g/mol. The van der Waals surface area contributed by atoms with Crippen LogP contribution < -0.4 is 12.4 Å². The van der Waals surface area contributed by atoms with Crippen LogP contribution in [0.25, 0.3) is 0 Å². The van der Waals surface area contributed by atoms with Gasteiger partial charge in [0.25, 0.3) is 0 Å². The van der Waals surface area contributed by atoms with E-state index in [-0.39, 0.29) is 35.5 Å². The summed E-state index contributed by atoms with van der Waals surface area (Å²) in [5.74, 6) is 1.64. The average molecular weight is 275 g/mol. The topological polar surface area (TPSA) is 18.5 Å². The summed E-state index contributed by atoms with van der Waals surface area (Å²) >= 11 is 0. The Balaban J connectivity index is -0.000000980. The molecule has 0 bridgehead atoms. The predicted molar refractivity (Wildman–Crippen MR) is 70.4 cm³/mol. The third kappa shape index (κ3) is 17.0. The van der Waals surface area contributed by atoms with Gasteiger partial charge in [0, 0.05) is 13.7 Å². The molecule has 0 fully saturated rings. The fourth-order valence-corrected chi connectivity index (χ4v) is 1.98. The maximum absolute atomic E-state index is 5.26. The average Bonchev–Trinajstić information content (AvgIpc) is 2.17. The molecular weight excluding hydrogens is 248 g/mol. The summed E-state index contributed by atoms with van der Waals surface area (Å²) in [7, 11) is 1.66. The Morgan fingerprint density at radius 3 is 2.35 bits per heavy atom. The quantitative estimate of drug-likeness (QED) is 0.247. The van der Waals surface area contributed by atoms with Gasteiger partial charge in [-0.3, -0.25) is 0 Å². The van der Waals surface area contributed by atoms with Crippen LogP contribution in [0.1, 0.15) is 46.5 Å². The normalized spacial score (nSPS) is 13.4. The van der Waals surface area contributed by atoms with Crippen LogP contribution in [0.3, 0.4) is 0 Å². The molecule has 0 radical (unpaired) electrons. The van der Waals surface area contributed by atoms with E-state index in [4.69, 9.17) is 9.47 Å². The fourth-order valence-electron chi connectivity index (χ4n) is 1.98. The third-order valence-electron chi connectivity index (χ3n) is 2.63. The van der Waals surface area contributed by atoms with Gasteiger partial charge in [-0.1, -0.05) is 26.2 Å². The van der Waals surface area contributed by atoms with Crippen LogP contribution in [-0.4, -0.2) is 43.6 Å². The van der Waals surface area contributed by atoms with Gasteiger partial charge in [0.1, 0.15) is 6.79 Å². The summed E-state index contributed by atoms with van der Waals surface area (Å²) in [5, 5.41) is 0. The first kappa shape index (κ1) is 23.1. The van der Waals surface area contributed by atoms with Crippen LogP contribution in [0.15, 0.2) is 0 Å². The number of methoxy groups -OCH3 is 1. The number of ether oxygens (including phenoxy) is 2. The Labute approximate surface area is 130 Å². The van der Waals surface area contributed by atoms with Gasteiger partial charge in [0.15, 0.2) is 0 Å². The van der Waals surface area contributed by atoms with E-state index in [2.05, 4.69) is 27.2 Å². The van der Waals surface area contributed by atoms with E-state index in [0.717, 1.165) is 24.9 Å². The maximum Gasteiger partial charge on any atom is 2.00 e. The number of hydrogen-bond acceptors (Lipinski definition) is 2. The predicted octanol–water partition coefficient (Wildman–Crippen LogP) is 0.287. The molecule has 0 rings (SSSR count). The molecule has 0 heterocycles. The summed E-state index contributed by atoms with van der Waals surface area (Å²) in [4.78, 5) is 0. The minimum atomic E-state index is 0. The minimum absolute atomic E-state index is 0. The molecule has 2 atom stereocenters. The molecule has 0 aliphatic heterocycles. The van der Waals surface area contributed by atoms with Crippen LogP contribution in [0.2, 0.25) is 0 Å². The maximum atomic E-state index is 5.26. The van der Waals surface area contributed by atoms with Gasteiger partial charge in [0.2, 0.25) is 0 Å². The molecular formula is C13H27ClMgO2. The van der Waals surface area contributed by atoms with Crippen LogP contribution in [0.4, 0.5) is 0 Å². The summed E-state index contributed by atoms with van der Waals surface area (Å²) < 4.78 is 10.1. The molecule has 0 aliphatic rings. The Kier molecular flexibility index (Phi) is 23.1. The van der Waals surface area contributed by atoms with Crippen LogP contribution in [-0.2, 0) is 9.47 Å². The van der Waals surface area contributed by atoms with Crippen molar-refractivity contribution in [1.82, 2.24) is 0 Å². The standard InChI is InChI=1S/C13H27O2.ClH.Mg/c1-5-7-12(2)10-13(3)8-6-9-15-11-14-4;;/h5,12-13H,6-11H2,1-4H3;1H;/q-1;;+2/p-1. The molecule has 0 saturated carbocycles. The molecule has 2 nitrogen and oxygen atoms in total. The number of hydrogen-bond donors (Lipinski definition) is 0. The molecule has 0 spiro atoms. The van der Waals surface area contributed by atoms with Crippen molar-refractivity contribution in [2.45, 2.75) is 46.5 Å². The largest absolute Gasteiger partial charge is 2.00 e. The third-order valence-corrected chi connectivity index (χ3v) is 2.63. The molecule has 0 aromatic heterocycles. The molecule has 0 aliphatic carbocycles. The first-order valence-corrected chi connectivity index (χ1v) is 6.05. The SMILES string of the molecule is C[CH-]CC(C)CC(C)CCCOCOC.[Cl-].[Mg+2]. The minimum Gasteiger partial charge on any atom is -1.00 e. The van der Waals surface area contributed by atoms with Crippen LogP contribution in [0.5, 0.6) is 0 Å². The molecule has 0 N–H and O–H groups in total.